The van der Waals surface area contributed by atoms with E-state index in [0.29, 0.717) is 12.8 Å². The molecular formula is C23H42O6. The number of unbranched alkanes of at least 4 members (excludes halogenated alkanes) is 12. The highest BCUT2D eigenvalue weighted by molar-refractivity contribution is 5.94. The summed E-state index contributed by atoms with van der Waals surface area (Å²) < 4.78 is 9.97. The molecule has 0 spiro atoms. The van der Waals surface area contributed by atoms with Crippen LogP contribution in [0.1, 0.15) is 110 Å². The molecule has 1 N–H and O–H groups in total. The molecule has 0 amide bonds. The van der Waals surface area contributed by atoms with Crippen LogP contribution in [0.2, 0.25) is 0 Å². The Kier molecular flexibility index (Phi) is 18.6. The third-order valence-corrected chi connectivity index (χ3v) is 5.03. The Morgan fingerprint density at radius 2 is 0.966 bits per heavy atom. The van der Waals surface area contributed by atoms with E-state index in [9.17, 15) is 14.4 Å². The maximum absolute atomic E-state index is 11.9. The van der Waals surface area contributed by atoms with Crippen LogP contribution in [0.5, 0.6) is 0 Å². The molecule has 0 saturated heterocycles. The third-order valence-electron chi connectivity index (χ3n) is 5.03. The van der Waals surface area contributed by atoms with E-state index in [2.05, 4.69) is 0 Å². The SMILES string of the molecule is CCOC(=O)C(CCCCCCCCCCCCCCCC(=O)O)C(=O)OCC. The maximum Gasteiger partial charge on any atom is 0.320 e. The number of esters is 2. The van der Waals surface area contributed by atoms with E-state index in [1.165, 1.54) is 44.9 Å². The molecule has 0 aromatic heterocycles. The second kappa shape index (κ2) is 19.7. The highest BCUT2D eigenvalue weighted by atomic mass is 16.6. The minimum atomic E-state index is -0.779. The van der Waals surface area contributed by atoms with E-state index in [1.54, 1.807) is 13.8 Å². The molecule has 0 rings (SSSR count). The number of hydrogen-bond acceptors (Lipinski definition) is 5. The predicted octanol–water partition coefficient (Wildman–Crippen LogP) is 5.66. The molecule has 0 bridgehead atoms. The van der Waals surface area contributed by atoms with Crippen molar-refractivity contribution in [3.8, 4) is 0 Å². The highest BCUT2D eigenvalue weighted by Gasteiger charge is 2.28. The molecule has 0 aliphatic heterocycles. The second-order valence-electron chi connectivity index (χ2n) is 7.59. The summed E-state index contributed by atoms with van der Waals surface area (Å²) in [6.45, 7) is 4.03. The van der Waals surface area contributed by atoms with Gasteiger partial charge in [0.05, 0.1) is 13.2 Å². The molecule has 0 saturated carbocycles. The largest absolute Gasteiger partial charge is 0.481 e. The minimum Gasteiger partial charge on any atom is -0.481 e. The van der Waals surface area contributed by atoms with Crippen LogP contribution >= 0.6 is 0 Å². The van der Waals surface area contributed by atoms with Crippen LogP contribution < -0.4 is 0 Å². The lowest BCUT2D eigenvalue weighted by molar-refractivity contribution is -0.162. The lowest BCUT2D eigenvalue weighted by Crippen LogP contribution is -2.28. The number of aliphatic carboxylic acids is 1. The summed E-state index contributed by atoms with van der Waals surface area (Å²) in [5.74, 6) is -2.40. The predicted molar refractivity (Wildman–Crippen MR) is 114 cm³/mol. The van der Waals surface area contributed by atoms with Gasteiger partial charge in [-0.1, -0.05) is 77.0 Å². The fraction of sp³-hybridized carbons (Fsp3) is 0.870. The summed E-state index contributed by atoms with van der Waals surface area (Å²) >= 11 is 0. The average molecular weight is 415 g/mol. The van der Waals surface area contributed by atoms with Crippen LogP contribution in [0.3, 0.4) is 0 Å². The van der Waals surface area contributed by atoms with Crippen molar-refractivity contribution in [2.75, 3.05) is 13.2 Å². The van der Waals surface area contributed by atoms with Crippen LogP contribution in [0.15, 0.2) is 0 Å². The number of rotatable bonds is 20. The molecule has 0 fully saturated rings. The number of ether oxygens (including phenoxy) is 2. The van der Waals surface area contributed by atoms with Crippen molar-refractivity contribution in [3.05, 3.63) is 0 Å². The van der Waals surface area contributed by atoms with Gasteiger partial charge >= 0.3 is 17.9 Å². The quantitative estimate of drug-likeness (QED) is 0.157. The van der Waals surface area contributed by atoms with Gasteiger partial charge in [-0.2, -0.15) is 0 Å². The molecule has 0 heterocycles. The molecule has 0 aromatic carbocycles. The molecule has 6 nitrogen and oxygen atoms in total. The van der Waals surface area contributed by atoms with Crippen molar-refractivity contribution < 1.29 is 29.0 Å². The van der Waals surface area contributed by atoms with Gasteiger partial charge in [-0.3, -0.25) is 14.4 Å². The van der Waals surface area contributed by atoms with Crippen molar-refractivity contribution in [2.24, 2.45) is 5.92 Å². The Bertz CT molecular complexity index is 417. The summed E-state index contributed by atoms with van der Waals surface area (Å²) in [6, 6.07) is 0. The molecule has 0 aliphatic rings. The molecule has 0 atom stereocenters. The Labute approximate surface area is 176 Å². The van der Waals surface area contributed by atoms with Gasteiger partial charge in [-0.25, -0.2) is 0 Å². The van der Waals surface area contributed by atoms with E-state index in [0.717, 1.165) is 38.5 Å². The van der Waals surface area contributed by atoms with Gasteiger partial charge in [0, 0.05) is 6.42 Å². The highest BCUT2D eigenvalue weighted by Crippen LogP contribution is 2.17. The second-order valence-corrected chi connectivity index (χ2v) is 7.59. The lowest BCUT2D eigenvalue weighted by atomic mass is 9.99. The van der Waals surface area contributed by atoms with E-state index < -0.39 is 23.8 Å². The molecule has 170 valence electrons. The average Bonchev–Trinajstić information content (AvgIpc) is 2.67. The molecular weight excluding hydrogens is 372 g/mol. The first-order chi connectivity index (χ1) is 14.0. The fourth-order valence-electron chi connectivity index (χ4n) is 3.39. The standard InChI is InChI=1S/C23H42O6/c1-3-28-22(26)20(23(27)29-4-2)18-16-14-12-10-8-6-5-7-9-11-13-15-17-19-21(24)25/h20H,3-19H2,1-2H3,(H,24,25). The normalized spacial score (nSPS) is 10.9. The Hall–Kier alpha value is -1.59. The van der Waals surface area contributed by atoms with Crippen molar-refractivity contribution in [3.63, 3.8) is 0 Å². The number of carboxylic acid groups (broad SMARTS) is 1. The number of carboxylic acids is 1. The Balaban J connectivity index is 3.55. The van der Waals surface area contributed by atoms with Crippen molar-refractivity contribution in [2.45, 2.75) is 110 Å². The van der Waals surface area contributed by atoms with Crippen LogP contribution in [-0.4, -0.2) is 36.2 Å². The van der Waals surface area contributed by atoms with Gasteiger partial charge in [0.25, 0.3) is 0 Å². The first-order valence-electron chi connectivity index (χ1n) is 11.6. The van der Waals surface area contributed by atoms with E-state index in [-0.39, 0.29) is 13.2 Å². The van der Waals surface area contributed by atoms with Crippen molar-refractivity contribution >= 4 is 17.9 Å². The topological polar surface area (TPSA) is 89.9 Å². The molecule has 0 aliphatic carbocycles. The third kappa shape index (κ3) is 17.0. The maximum atomic E-state index is 11.9. The van der Waals surface area contributed by atoms with Gasteiger partial charge in [0.1, 0.15) is 0 Å². The zero-order valence-corrected chi connectivity index (χ0v) is 18.6. The van der Waals surface area contributed by atoms with Crippen LogP contribution in [0.25, 0.3) is 0 Å². The zero-order chi connectivity index (χ0) is 21.7. The van der Waals surface area contributed by atoms with Crippen molar-refractivity contribution in [1.82, 2.24) is 0 Å². The molecule has 0 aromatic rings. The first kappa shape index (κ1) is 27.4. The molecule has 29 heavy (non-hydrogen) atoms. The molecule has 0 unspecified atom stereocenters. The first-order valence-corrected chi connectivity index (χ1v) is 11.6. The van der Waals surface area contributed by atoms with Gasteiger partial charge in [0.15, 0.2) is 5.92 Å². The Morgan fingerprint density at radius 3 is 1.31 bits per heavy atom. The summed E-state index contributed by atoms with van der Waals surface area (Å²) in [5, 5.41) is 8.58. The fourth-order valence-corrected chi connectivity index (χ4v) is 3.39. The molecule has 0 radical (unpaired) electrons. The van der Waals surface area contributed by atoms with Crippen LogP contribution in [0.4, 0.5) is 0 Å². The lowest BCUT2D eigenvalue weighted by Gasteiger charge is -2.14. The number of carbonyl (C=O) groups excluding carboxylic acids is 2. The smallest absolute Gasteiger partial charge is 0.320 e. The van der Waals surface area contributed by atoms with Gasteiger partial charge in [0.2, 0.25) is 0 Å². The number of carbonyl (C=O) groups is 3. The zero-order valence-electron chi connectivity index (χ0n) is 18.6. The van der Waals surface area contributed by atoms with Crippen LogP contribution in [-0.2, 0) is 23.9 Å². The van der Waals surface area contributed by atoms with Crippen LogP contribution in [0, 0.1) is 5.92 Å². The summed E-state index contributed by atoms with van der Waals surface area (Å²) in [4.78, 5) is 34.2. The van der Waals surface area contributed by atoms with E-state index in [1.807, 2.05) is 0 Å². The van der Waals surface area contributed by atoms with Crippen molar-refractivity contribution in [1.29, 1.82) is 0 Å². The van der Waals surface area contributed by atoms with Gasteiger partial charge in [-0.15, -0.1) is 0 Å². The molecule has 6 heteroatoms. The van der Waals surface area contributed by atoms with E-state index in [4.69, 9.17) is 14.6 Å². The summed E-state index contributed by atoms with van der Waals surface area (Å²) in [7, 11) is 0. The van der Waals surface area contributed by atoms with E-state index >= 15 is 0 Å². The number of hydrogen-bond donors (Lipinski definition) is 1. The summed E-state index contributed by atoms with van der Waals surface area (Å²) in [5.41, 5.74) is 0. The Morgan fingerprint density at radius 1 is 0.621 bits per heavy atom. The van der Waals surface area contributed by atoms with Gasteiger partial charge < -0.3 is 14.6 Å². The summed E-state index contributed by atoms with van der Waals surface area (Å²) in [6.07, 6.45) is 15.4. The monoisotopic (exact) mass is 414 g/mol. The van der Waals surface area contributed by atoms with Gasteiger partial charge in [-0.05, 0) is 26.7 Å². The minimum absolute atomic E-state index is 0.277.